The van der Waals surface area contributed by atoms with Gasteiger partial charge in [-0.1, -0.05) is 30.3 Å². The van der Waals surface area contributed by atoms with E-state index < -0.39 is 35.5 Å². The molecule has 0 amide bonds. The van der Waals surface area contributed by atoms with Crippen molar-refractivity contribution in [2.24, 2.45) is 0 Å². The van der Waals surface area contributed by atoms with Crippen LogP contribution >= 0.6 is 0 Å². The summed E-state index contributed by atoms with van der Waals surface area (Å²) in [5, 5.41) is 3.83. The first kappa shape index (κ1) is 18.4. The van der Waals surface area contributed by atoms with Gasteiger partial charge in [0.2, 0.25) is 0 Å². The highest BCUT2D eigenvalue weighted by molar-refractivity contribution is 5.89. The number of alkyl halides is 3. The van der Waals surface area contributed by atoms with Crippen molar-refractivity contribution in [2.75, 3.05) is 7.11 Å². The molecule has 1 aromatic heterocycles. The van der Waals surface area contributed by atoms with Crippen LogP contribution in [0.5, 0.6) is 0 Å². The van der Waals surface area contributed by atoms with E-state index in [0.717, 1.165) is 10.2 Å². The van der Waals surface area contributed by atoms with E-state index >= 15 is 0 Å². The number of carbonyl (C=O) groups is 1. The number of halogens is 3. The van der Waals surface area contributed by atoms with Crippen LogP contribution in [-0.2, 0) is 15.7 Å². The molecule has 0 radical (unpaired) electrons. The molecule has 0 aliphatic heterocycles. The Morgan fingerprint density at radius 1 is 1.23 bits per heavy atom. The highest BCUT2D eigenvalue weighted by Gasteiger charge is 2.41. The van der Waals surface area contributed by atoms with E-state index in [4.69, 9.17) is 9.47 Å². The van der Waals surface area contributed by atoms with Gasteiger partial charge in [0.15, 0.2) is 5.69 Å². The average molecular weight is 368 g/mol. The zero-order valence-electron chi connectivity index (χ0n) is 14.4. The molecule has 8 heteroatoms. The minimum absolute atomic E-state index is 0.0250. The smallest absolute Gasteiger partial charge is 0.420 e. The van der Waals surface area contributed by atoms with Crippen molar-refractivity contribution in [2.45, 2.75) is 44.2 Å². The lowest BCUT2D eigenvalue weighted by atomic mass is 9.92. The number of ether oxygens (including phenoxy) is 2. The number of aromatic nitrogens is 2. The second-order valence-electron chi connectivity index (χ2n) is 6.29. The van der Waals surface area contributed by atoms with Crippen LogP contribution in [0.4, 0.5) is 13.2 Å². The lowest BCUT2D eigenvalue weighted by molar-refractivity contribution is -0.138. The average Bonchev–Trinajstić information content (AvgIpc) is 3.03. The molecule has 1 heterocycles. The maximum atomic E-state index is 13.4. The number of hydrogen-bond acceptors (Lipinski definition) is 4. The first-order chi connectivity index (χ1) is 12.3. The van der Waals surface area contributed by atoms with Gasteiger partial charge < -0.3 is 9.47 Å². The molecule has 5 nitrogen and oxygen atoms in total. The number of nitrogens with zero attached hydrogens (tertiary/aromatic N) is 2. The Hall–Kier alpha value is -2.35. The van der Waals surface area contributed by atoms with Gasteiger partial charge >= 0.3 is 12.1 Å². The molecule has 1 fully saturated rings. The Morgan fingerprint density at radius 3 is 2.46 bits per heavy atom. The van der Waals surface area contributed by atoms with Crippen molar-refractivity contribution in [1.82, 2.24) is 9.78 Å². The molecule has 1 aromatic carbocycles. The molecule has 140 valence electrons. The lowest BCUT2D eigenvalue weighted by Gasteiger charge is -2.33. The van der Waals surface area contributed by atoms with Crippen LogP contribution in [0, 0.1) is 0 Å². The molecule has 1 aliphatic rings. The van der Waals surface area contributed by atoms with Crippen LogP contribution in [0.15, 0.2) is 36.5 Å². The third-order valence-electron chi connectivity index (χ3n) is 4.60. The van der Waals surface area contributed by atoms with Gasteiger partial charge in [0.1, 0.15) is 11.7 Å². The summed E-state index contributed by atoms with van der Waals surface area (Å²) in [5.41, 5.74) is -0.927. The fourth-order valence-corrected chi connectivity index (χ4v) is 2.95. The molecule has 2 aromatic rings. The Balaban J connectivity index is 1.91. The normalized spacial score (nSPS) is 21.1. The highest BCUT2D eigenvalue weighted by atomic mass is 19.4. The molecule has 0 N–H and O–H groups in total. The maximum absolute atomic E-state index is 13.4. The van der Waals surface area contributed by atoms with E-state index in [1.165, 1.54) is 0 Å². The van der Waals surface area contributed by atoms with Crippen molar-refractivity contribution in [3.05, 3.63) is 53.3 Å². The number of rotatable bonds is 5. The lowest BCUT2D eigenvalue weighted by Crippen LogP contribution is -2.39. The van der Waals surface area contributed by atoms with E-state index in [0.29, 0.717) is 19.0 Å². The molecule has 0 bridgehead atoms. The first-order valence-corrected chi connectivity index (χ1v) is 8.24. The monoisotopic (exact) mass is 368 g/mol. The summed E-state index contributed by atoms with van der Waals surface area (Å²) in [6.45, 7) is 1.68. The summed E-state index contributed by atoms with van der Waals surface area (Å²) < 4.78 is 51.5. The van der Waals surface area contributed by atoms with Gasteiger partial charge in [-0.2, -0.15) is 18.3 Å². The molecule has 26 heavy (non-hydrogen) atoms. The standard InChI is InChI=1S/C18H19F3N2O3/c1-11(12-6-4-3-5-7-12)23-16(15(10-22-23)18(19,20)21)17(24)26-14-8-13(9-14)25-2/h3-7,10-11,13-14H,8-9H2,1-2H3/t11-,13-,14+/m1/s1. The van der Waals surface area contributed by atoms with Gasteiger partial charge in [0, 0.05) is 20.0 Å². The van der Waals surface area contributed by atoms with Crippen molar-refractivity contribution in [1.29, 1.82) is 0 Å². The van der Waals surface area contributed by atoms with Crippen LogP contribution in [0.2, 0.25) is 0 Å². The Labute approximate surface area is 148 Å². The SMILES string of the molecule is CO[C@H]1C[C@@H](OC(=O)c2c(C(F)(F)F)cnn2[C@H](C)c2ccccc2)C1. The van der Waals surface area contributed by atoms with E-state index in [-0.39, 0.29) is 6.10 Å². The maximum Gasteiger partial charge on any atom is 0.420 e. The molecule has 3 rings (SSSR count). The van der Waals surface area contributed by atoms with Crippen LogP contribution in [0.1, 0.15) is 47.4 Å². The number of hydrogen-bond donors (Lipinski definition) is 0. The van der Waals surface area contributed by atoms with Gasteiger partial charge in [-0.15, -0.1) is 0 Å². The molecular formula is C18H19F3N2O3. The second kappa shape index (κ2) is 7.11. The van der Waals surface area contributed by atoms with Gasteiger partial charge in [-0.3, -0.25) is 4.68 Å². The first-order valence-electron chi connectivity index (χ1n) is 8.24. The summed E-state index contributed by atoms with van der Waals surface area (Å²) >= 11 is 0. The van der Waals surface area contributed by atoms with Gasteiger partial charge in [0.25, 0.3) is 0 Å². The van der Waals surface area contributed by atoms with Gasteiger partial charge in [0.05, 0.1) is 18.3 Å². The summed E-state index contributed by atoms with van der Waals surface area (Å²) in [7, 11) is 1.54. The third kappa shape index (κ3) is 3.60. The number of methoxy groups -OCH3 is 1. The fourth-order valence-electron chi connectivity index (χ4n) is 2.95. The van der Waals surface area contributed by atoms with Crippen molar-refractivity contribution in [3.63, 3.8) is 0 Å². The minimum atomic E-state index is -4.70. The molecule has 1 atom stereocenters. The van der Waals surface area contributed by atoms with Crippen LogP contribution < -0.4 is 0 Å². The van der Waals surface area contributed by atoms with E-state index in [2.05, 4.69) is 5.10 Å². The van der Waals surface area contributed by atoms with Crippen molar-refractivity contribution in [3.8, 4) is 0 Å². The minimum Gasteiger partial charge on any atom is -0.457 e. The Kier molecular flexibility index (Phi) is 5.04. The molecule has 0 unspecified atom stereocenters. The number of esters is 1. The van der Waals surface area contributed by atoms with E-state index in [9.17, 15) is 18.0 Å². The summed E-state index contributed by atoms with van der Waals surface area (Å²) in [6, 6.07) is 8.34. The Morgan fingerprint density at radius 2 is 1.88 bits per heavy atom. The van der Waals surface area contributed by atoms with Crippen LogP contribution in [0.25, 0.3) is 0 Å². The van der Waals surface area contributed by atoms with Gasteiger partial charge in [-0.05, 0) is 12.5 Å². The largest absolute Gasteiger partial charge is 0.457 e. The molecule has 0 saturated heterocycles. The van der Waals surface area contributed by atoms with Crippen molar-refractivity contribution < 1.29 is 27.4 Å². The van der Waals surface area contributed by atoms with E-state index in [1.807, 2.05) is 0 Å². The van der Waals surface area contributed by atoms with Gasteiger partial charge in [-0.25, -0.2) is 4.79 Å². The van der Waals surface area contributed by atoms with E-state index in [1.54, 1.807) is 44.4 Å². The number of carbonyl (C=O) groups excluding carboxylic acids is 1. The molecule has 0 spiro atoms. The quantitative estimate of drug-likeness (QED) is 0.753. The topological polar surface area (TPSA) is 53.4 Å². The molecule has 1 aliphatic carbocycles. The predicted octanol–water partition coefficient (Wildman–Crippen LogP) is 3.85. The second-order valence-corrected chi connectivity index (χ2v) is 6.29. The van der Waals surface area contributed by atoms with Crippen molar-refractivity contribution >= 4 is 5.97 Å². The summed E-state index contributed by atoms with van der Waals surface area (Å²) in [4.78, 5) is 12.5. The zero-order chi connectivity index (χ0) is 18.9. The number of benzene rings is 1. The summed E-state index contributed by atoms with van der Waals surface area (Å²) in [5.74, 6) is -1.02. The zero-order valence-corrected chi connectivity index (χ0v) is 14.4. The predicted molar refractivity (Wildman–Crippen MR) is 86.7 cm³/mol. The van der Waals surface area contributed by atoms with Crippen LogP contribution in [-0.4, -0.2) is 35.1 Å². The Bertz CT molecular complexity index is 768. The molecular weight excluding hydrogens is 349 g/mol. The summed E-state index contributed by atoms with van der Waals surface area (Å²) in [6.07, 6.45) is -3.53. The third-order valence-corrected chi connectivity index (χ3v) is 4.60. The molecule has 1 saturated carbocycles. The highest BCUT2D eigenvalue weighted by Crippen LogP contribution is 2.35. The fraction of sp³-hybridized carbons (Fsp3) is 0.444. The van der Waals surface area contributed by atoms with Crippen LogP contribution in [0.3, 0.4) is 0 Å².